The smallest absolute Gasteiger partial charge is 0.249 e. The molecule has 0 bridgehead atoms. The molecule has 0 aliphatic carbocycles. The fraction of sp³-hybridized carbons (Fsp3) is 0.866. The lowest BCUT2D eigenvalue weighted by Gasteiger charge is -2.40. The van der Waals surface area contributed by atoms with E-state index in [2.05, 4.69) is 67.8 Å². The summed E-state index contributed by atoms with van der Waals surface area (Å²) < 4.78 is 11.2. The number of nitrogens with one attached hydrogen (secondary N) is 1. The van der Waals surface area contributed by atoms with Gasteiger partial charge in [-0.2, -0.15) is 0 Å². The van der Waals surface area contributed by atoms with E-state index in [0.717, 1.165) is 51.4 Å². The molecule has 0 spiro atoms. The lowest BCUT2D eigenvalue weighted by Crippen LogP contribution is -2.60. The van der Waals surface area contributed by atoms with Crippen molar-refractivity contribution in [1.82, 2.24) is 5.32 Å². The number of hydrogen-bond acceptors (Lipinski definition) is 10. The molecule has 8 N–H and O–H groups in total. The third-order valence-corrected chi connectivity index (χ3v) is 15.8. The minimum atomic E-state index is -1.67. The summed E-state index contributed by atoms with van der Waals surface area (Å²) in [7, 11) is 0. The maximum absolute atomic E-state index is 13.2. The number of hydrogen-bond donors (Lipinski definition) is 8. The number of aliphatic hydroxyl groups excluding tert-OH is 7. The first-order chi connectivity index (χ1) is 38.2. The van der Waals surface area contributed by atoms with Gasteiger partial charge in [0.05, 0.1) is 25.4 Å². The minimum Gasteiger partial charge on any atom is -0.394 e. The predicted octanol–water partition coefficient (Wildman–Crippen LogP) is 15.2. The Labute approximate surface area is 479 Å². The van der Waals surface area contributed by atoms with Crippen molar-refractivity contribution in [2.24, 2.45) is 0 Å². The van der Waals surface area contributed by atoms with Crippen molar-refractivity contribution in [2.45, 2.75) is 358 Å². The van der Waals surface area contributed by atoms with Gasteiger partial charge in [-0.3, -0.25) is 4.79 Å². The van der Waals surface area contributed by atoms with Gasteiger partial charge in [-0.25, -0.2) is 0 Å². The van der Waals surface area contributed by atoms with Crippen LogP contribution in [0, 0.1) is 0 Å². The highest BCUT2D eigenvalue weighted by atomic mass is 16.7. The second-order valence-electron chi connectivity index (χ2n) is 23.1. The molecule has 0 saturated carbocycles. The molecule has 1 heterocycles. The van der Waals surface area contributed by atoms with Gasteiger partial charge in [0.1, 0.15) is 36.6 Å². The van der Waals surface area contributed by atoms with Crippen molar-refractivity contribution >= 4 is 5.91 Å². The van der Waals surface area contributed by atoms with Crippen LogP contribution in [-0.4, -0.2) is 110 Å². The number of aliphatic hydroxyl groups is 7. The maximum atomic E-state index is 13.2. The van der Waals surface area contributed by atoms with Crippen molar-refractivity contribution in [1.29, 1.82) is 0 Å². The molecule has 458 valence electrons. The van der Waals surface area contributed by atoms with Crippen LogP contribution in [-0.2, 0) is 14.3 Å². The highest BCUT2D eigenvalue weighted by molar-refractivity contribution is 5.80. The third-order valence-electron chi connectivity index (χ3n) is 15.8. The summed E-state index contributed by atoms with van der Waals surface area (Å²) in [6.45, 7) is 3.37. The minimum absolute atomic E-state index is 0.246. The van der Waals surface area contributed by atoms with Crippen LogP contribution in [0.4, 0.5) is 0 Å². The second-order valence-corrected chi connectivity index (χ2v) is 23.1. The van der Waals surface area contributed by atoms with Gasteiger partial charge >= 0.3 is 0 Å². The molecule has 1 saturated heterocycles. The zero-order valence-electron chi connectivity index (χ0n) is 50.4. The summed E-state index contributed by atoms with van der Waals surface area (Å²) in [6, 6.07) is -1.19. The molecule has 11 heteroatoms. The third kappa shape index (κ3) is 42.8. The van der Waals surface area contributed by atoms with E-state index in [1.807, 2.05) is 0 Å². The summed E-state index contributed by atoms with van der Waals surface area (Å²) in [6.07, 6.45) is 60.5. The molecule has 0 aromatic heterocycles. The van der Waals surface area contributed by atoms with Crippen LogP contribution in [0.3, 0.4) is 0 Å². The quantitative estimate of drug-likeness (QED) is 0.0215. The molecule has 1 rings (SSSR count). The molecule has 78 heavy (non-hydrogen) atoms. The standard InChI is InChI=1S/C67H125NO10/c1-3-5-7-9-11-13-15-17-19-21-23-25-26-27-28-29-30-31-32-33-34-35-37-38-40-42-44-46-48-50-52-54-59(70)62(72)58(57-77-67-65(75)64(74)63(73)61(56-69)78-67)68-66(76)60(71)55-53-51-49-47-45-43-41-39-36-24-22-20-18-16-14-12-10-8-6-4-2/h6,8,12,14,38,40,46,48,58-65,67,69-75H,3-5,7,9-11,13,15-37,39,41-45,47,49-57H2,1-2H3,(H,68,76)/b8-6-,14-12-,40-38+,48-46+. The molecule has 1 aliphatic heterocycles. The second kappa shape index (κ2) is 55.6. The van der Waals surface area contributed by atoms with Crippen molar-refractivity contribution in [3.05, 3.63) is 48.6 Å². The van der Waals surface area contributed by atoms with Crippen LogP contribution >= 0.6 is 0 Å². The predicted molar refractivity (Wildman–Crippen MR) is 325 cm³/mol. The first kappa shape index (κ1) is 74.1. The van der Waals surface area contributed by atoms with Crippen molar-refractivity contribution in [2.75, 3.05) is 13.2 Å². The largest absolute Gasteiger partial charge is 0.394 e. The Morgan fingerprint density at radius 3 is 1.28 bits per heavy atom. The lowest BCUT2D eigenvalue weighted by molar-refractivity contribution is -0.303. The molecule has 1 aliphatic rings. The molecule has 11 nitrogen and oxygen atoms in total. The van der Waals surface area contributed by atoms with E-state index < -0.39 is 74.2 Å². The average molecular weight is 1100 g/mol. The van der Waals surface area contributed by atoms with Crippen molar-refractivity contribution in [3.8, 4) is 0 Å². The van der Waals surface area contributed by atoms with Gasteiger partial charge in [-0.15, -0.1) is 0 Å². The van der Waals surface area contributed by atoms with Gasteiger partial charge in [0.25, 0.3) is 0 Å². The molecular weight excluding hydrogens is 979 g/mol. The van der Waals surface area contributed by atoms with Crippen LogP contribution in [0.25, 0.3) is 0 Å². The molecule has 0 aromatic carbocycles. The summed E-state index contributed by atoms with van der Waals surface area (Å²) in [5, 5.41) is 76.3. The lowest BCUT2D eigenvalue weighted by atomic mass is 9.98. The Hall–Kier alpha value is -1.93. The van der Waals surface area contributed by atoms with Gasteiger partial charge in [0.15, 0.2) is 6.29 Å². The average Bonchev–Trinajstić information content (AvgIpc) is 3.46. The molecule has 0 radical (unpaired) electrons. The molecule has 1 amide bonds. The topological polar surface area (TPSA) is 189 Å². The zero-order chi connectivity index (χ0) is 56.8. The van der Waals surface area contributed by atoms with Gasteiger partial charge in [0.2, 0.25) is 5.91 Å². The number of amides is 1. The number of unbranched alkanes of at least 4 members (excludes halogenated alkanes) is 37. The van der Waals surface area contributed by atoms with E-state index in [9.17, 15) is 40.5 Å². The Morgan fingerprint density at radius 1 is 0.462 bits per heavy atom. The Kier molecular flexibility index (Phi) is 52.8. The van der Waals surface area contributed by atoms with Crippen molar-refractivity contribution in [3.63, 3.8) is 0 Å². The Morgan fingerprint density at radius 2 is 0.846 bits per heavy atom. The van der Waals surface area contributed by atoms with Gasteiger partial charge < -0.3 is 50.5 Å². The van der Waals surface area contributed by atoms with Gasteiger partial charge in [-0.1, -0.05) is 274 Å². The van der Waals surface area contributed by atoms with E-state index in [4.69, 9.17) is 9.47 Å². The first-order valence-electron chi connectivity index (χ1n) is 33.0. The fourth-order valence-electron chi connectivity index (χ4n) is 10.6. The normalized spacial score (nSPS) is 19.7. The fourth-order valence-corrected chi connectivity index (χ4v) is 10.6. The van der Waals surface area contributed by atoms with E-state index in [1.165, 1.54) is 205 Å². The molecule has 1 fully saturated rings. The summed E-state index contributed by atoms with van der Waals surface area (Å²) in [5.41, 5.74) is 0. The number of ether oxygens (including phenoxy) is 2. The van der Waals surface area contributed by atoms with E-state index in [-0.39, 0.29) is 12.8 Å². The summed E-state index contributed by atoms with van der Waals surface area (Å²) in [4.78, 5) is 13.2. The SMILES string of the molecule is CC/C=C\C/C=C\CCCCCCCCCCCCCCCC(O)C(=O)NC(COC1OC(CO)C(O)C(O)C1O)C(O)C(O)CCC/C=C/CC/C=C/CCCCCCCCCCCCCCCCCCCCCCCC. The molecule has 9 atom stereocenters. The van der Waals surface area contributed by atoms with Crippen LogP contribution in [0.5, 0.6) is 0 Å². The highest BCUT2D eigenvalue weighted by Crippen LogP contribution is 2.24. The highest BCUT2D eigenvalue weighted by Gasteiger charge is 2.44. The molecule has 9 unspecified atom stereocenters. The number of allylic oxidation sites excluding steroid dienone is 8. The Bertz CT molecular complexity index is 1410. The maximum Gasteiger partial charge on any atom is 0.249 e. The zero-order valence-corrected chi connectivity index (χ0v) is 50.4. The van der Waals surface area contributed by atoms with Crippen LogP contribution in [0.2, 0.25) is 0 Å². The van der Waals surface area contributed by atoms with Gasteiger partial charge in [0, 0.05) is 0 Å². The van der Waals surface area contributed by atoms with Crippen LogP contribution in [0.1, 0.15) is 303 Å². The summed E-state index contributed by atoms with van der Waals surface area (Å²) >= 11 is 0. The summed E-state index contributed by atoms with van der Waals surface area (Å²) in [5.74, 6) is -0.709. The van der Waals surface area contributed by atoms with Gasteiger partial charge in [-0.05, 0) is 77.0 Å². The van der Waals surface area contributed by atoms with Crippen LogP contribution < -0.4 is 5.32 Å². The van der Waals surface area contributed by atoms with E-state index in [0.29, 0.717) is 19.3 Å². The van der Waals surface area contributed by atoms with Crippen LogP contribution in [0.15, 0.2) is 48.6 Å². The van der Waals surface area contributed by atoms with E-state index in [1.54, 1.807) is 0 Å². The number of carbonyl (C=O) groups excluding carboxylic acids is 1. The Balaban J connectivity index is 2.25. The number of rotatable bonds is 57. The number of carbonyl (C=O) groups is 1. The molecular formula is C67H125NO10. The van der Waals surface area contributed by atoms with Crippen molar-refractivity contribution < 1.29 is 50.0 Å². The van der Waals surface area contributed by atoms with E-state index >= 15 is 0 Å². The monoisotopic (exact) mass is 1100 g/mol. The first-order valence-corrected chi connectivity index (χ1v) is 33.0. The molecule has 0 aromatic rings.